The molecule has 244 valence electrons. The molecular weight excluding hydrogens is 544 g/mol. The van der Waals surface area contributed by atoms with E-state index in [9.17, 15) is 20.1 Å². The molecule has 2 saturated heterocycles. The molecule has 7 nitrogen and oxygen atoms in total. The SMILES string of the molecule is C[C@@H]1CC([C@H](OC(=O)C2CCOCC2)C(C)(C)O)OC2[C@H]1[C@@]1(C)CC[C@@]34C[C@@]35CC[C@H](O)C(C)(C)[C@@H]5CCC4[C@]1(C)[C@H]2O. The minimum atomic E-state index is -1.27. The van der Waals surface area contributed by atoms with Gasteiger partial charge in [0.05, 0.1) is 35.9 Å². The predicted octanol–water partition coefficient (Wildman–Crippen LogP) is 5.27. The number of esters is 1. The molecule has 2 spiro atoms. The maximum atomic E-state index is 13.2. The molecule has 0 aromatic heterocycles. The molecule has 2 heterocycles. The van der Waals surface area contributed by atoms with Crippen molar-refractivity contribution >= 4 is 5.97 Å². The van der Waals surface area contributed by atoms with E-state index >= 15 is 0 Å². The van der Waals surface area contributed by atoms with Crippen LogP contribution < -0.4 is 0 Å². The summed E-state index contributed by atoms with van der Waals surface area (Å²) in [4.78, 5) is 13.2. The van der Waals surface area contributed by atoms with Crippen LogP contribution in [0.1, 0.15) is 113 Å². The Morgan fingerprint density at radius 2 is 1.58 bits per heavy atom. The molecule has 2 aliphatic heterocycles. The van der Waals surface area contributed by atoms with Crippen molar-refractivity contribution in [3.05, 3.63) is 0 Å². The molecule has 0 bridgehead atoms. The van der Waals surface area contributed by atoms with Gasteiger partial charge in [-0.05, 0) is 123 Å². The summed E-state index contributed by atoms with van der Waals surface area (Å²) in [5.41, 5.74) is -1.11. The molecule has 7 fully saturated rings. The van der Waals surface area contributed by atoms with Gasteiger partial charge in [-0.15, -0.1) is 0 Å². The summed E-state index contributed by atoms with van der Waals surface area (Å²) >= 11 is 0. The monoisotopic (exact) mass is 602 g/mol. The van der Waals surface area contributed by atoms with Gasteiger partial charge in [-0.3, -0.25) is 4.79 Å². The van der Waals surface area contributed by atoms with Crippen molar-refractivity contribution in [3.63, 3.8) is 0 Å². The molecule has 0 aromatic rings. The normalized spacial score (nSPS) is 53.0. The first-order valence-corrected chi connectivity index (χ1v) is 17.6. The number of rotatable bonds is 4. The van der Waals surface area contributed by atoms with E-state index in [1.807, 2.05) is 0 Å². The van der Waals surface area contributed by atoms with Gasteiger partial charge in [0.1, 0.15) is 0 Å². The number of carbonyl (C=O) groups excluding carboxylic acids is 1. The van der Waals surface area contributed by atoms with Crippen molar-refractivity contribution in [2.45, 2.75) is 149 Å². The van der Waals surface area contributed by atoms with Crippen LogP contribution in [0.5, 0.6) is 0 Å². The first kappa shape index (κ1) is 30.9. The van der Waals surface area contributed by atoms with Crippen LogP contribution in [0.2, 0.25) is 0 Å². The summed E-state index contributed by atoms with van der Waals surface area (Å²) in [5, 5.41) is 34.8. The zero-order valence-electron chi connectivity index (χ0n) is 27.7. The van der Waals surface area contributed by atoms with Gasteiger partial charge < -0.3 is 29.5 Å². The lowest BCUT2D eigenvalue weighted by molar-refractivity contribution is -0.220. The third kappa shape index (κ3) is 3.93. The van der Waals surface area contributed by atoms with Crippen molar-refractivity contribution in [1.82, 2.24) is 0 Å². The number of hydrogen-bond donors (Lipinski definition) is 3. The van der Waals surface area contributed by atoms with Gasteiger partial charge in [0.2, 0.25) is 0 Å². The highest BCUT2D eigenvalue weighted by atomic mass is 16.6. The average molecular weight is 603 g/mol. The molecular formula is C36H58O7. The molecule has 43 heavy (non-hydrogen) atoms. The molecule has 7 aliphatic rings. The standard InChI is InChI=1S/C36H58O7/c1-20-18-22(29(32(4,5)40)43-30(39)21-11-16-41-17-12-21)42-27-26(20)33(6)14-15-36-19-35(36)13-10-25(37)31(2,3)23(35)8-9-24(36)34(33,7)28(27)38/h20-29,37-38,40H,8-19H2,1-7H3/t20-,22?,23+,24?,25+,26+,27?,28+,29+,33-,34-,35-,36+/m1/s1. The Kier molecular flexibility index (Phi) is 6.94. The van der Waals surface area contributed by atoms with Crippen molar-refractivity contribution in [3.8, 4) is 0 Å². The molecule has 5 aliphatic carbocycles. The fourth-order valence-corrected chi connectivity index (χ4v) is 13.4. The van der Waals surface area contributed by atoms with Crippen molar-refractivity contribution in [1.29, 1.82) is 0 Å². The molecule has 3 N–H and O–H groups in total. The van der Waals surface area contributed by atoms with Crippen LogP contribution in [0.25, 0.3) is 0 Å². The van der Waals surface area contributed by atoms with Crippen LogP contribution in [-0.2, 0) is 19.0 Å². The summed E-state index contributed by atoms with van der Waals surface area (Å²) in [6, 6.07) is 0. The van der Waals surface area contributed by atoms with Crippen LogP contribution in [0, 0.1) is 56.7 Å². The Labute approximate surface area is 258 Å². The summed E-state index contributed by atoms with van der Waals surface area (Å²) in [6.07, 6.45) is 7.35. The second-order valence-electron chi connectivity index (χ2n) is 18.0. The number of carbonyl (C=O) groups is 1. The van der Waals surface area contributed by atoms with Crippen molar-refractivity contribution in [2.24, 2.45) is 56.7 Å². The summed E-state index contributed by atoms with van der Waals surface area (Å²) < 4.78 is 18.5. The maximum Gasteiger partial charge on any atom is 0.309 e. The minimum absolute atomic E-state index is 0.0549. The molecule has 5 saturated carbocycles. The Morgan fingerprint density at radius 3 is 2.26 bits per heavy atom. The third-order valence-electron chi connectivity index (χ3n) is 15.6. The topological polar surface area (TPSA) is 105 Å². The minimum Gasteiger partial charge on any atom is -0.456 e. The van der Waals surface area contributed by atoms with E-state index in [2.05, 4.69) is 34.6 Å². The lowest BCUT2D eigenvalue weighted by Gasteiger charge is -2.63. The second-order valence-corrected chi connectivity index (χ2v) is 18.0. The van der Waals surface area contributed by atoms with Crippen molar-refractivity contribution < 1.29 is 34.3 Å². The first-order valence-electron chi connectivity index (χ1n) is 17.6. The Hall–Kier alpha value is -0.730. The zero-order valence-corrected chi connectivity index (χ0v) is 27.7. The van der Waals surface area contributed by atoms with Crippen molar-refractivity contribution in [2.75, 3.05) is 13.2 Å². The van der Waals surface area contributed by atoms with E-state index in [1.165, 1.54) is 12.8 Å². The van der Waals surface area contributed by atoms with E-state index in [4.69, 9.17) is 14.2 Å². The molecule has 0 aromatic carbocycles. The van der Waals surface area contributed by atoms with Gasteiger partial charge in [0, 0.05) is 18.6 Å². The molecule has 13 atom stereocenters. The van der Waals surface area contributed by atoms with Crippen LogP contribution in [0.15, 0.2) is 0 Å². The van der Waals surface area contributed by atoms with Crippen LogP contribution in [0.3, 0.4) is 0 Å². The highest BCUT2D eigenvalue weighted by molar-refractivity contribution is 5.72. The van der Waals surface area contributed by atoms with E-state index in [0.717, 1.165) is 32.1 Å². The first-order chi connectivity index (χ1) is 20.0. The molecule has 0 radical (unpaired) electrons. The molecule has 3 unspecified atom stereocenters. The zero-order chi connectivity index (χ0) is 31.0. The van der Waals surface area contributed by atoms with Gasteiger partial charge >= 0.3 is 5.97 Å². The number of aliphatic hydroxyl groups is 3. The third-order valence-corrected chi connectivity index (χ3v) is 15.6. The van der Waals surface area contributed by atoms with Gasteiger partial charge in [0.25, 0.3) is 0 Å². The maximum absolute atomic E-state index is 13.2. The predicted molar refractivity (Wildman–Crippen MR) is 162 cm³/mol. The number of aliphatic hydroxyl groups excluding tert-OH is 2. The van der Waals surface area contributed by atoms with Crippen LogP contribution in [-0.4, -0.2) is 70.6 Å². The van der Waals surface area contributed by atoms with Gasteiger partial charge in [0.15, 0.2) is 6.10 Å². The summed E-state index contributed by atoms with van der Waals surface area (Å²) in [6.45, 7) is 16.3. The average Bonchev–Trinajstić information content (AvgIpc) is 3.58. The summed E-state index contributed by atoms with van der Waals surface area (Å²) in [5.74, 6) is 0.976. The largest absolute Gasteiger partial charge is 0.456 e. The van der Waals surface area contributed by atoms with E-state index in [-0.39, 0.29) is 57.6 Å². The van der Waals surface area contributed by atoms with Gasteiger partial charge in [-0.2, -0.15) is 0 Å². The highest BCUT2D eigenvalue weighted by Crippen LogP contribution is 2.89. The van der Waals surface area contributed by atoms with E-state index in [1.54, 1.807) is 13.8 Å². The number of ether oxygens (including phenoxy) is 3. The second kappa shape index (κ2) is 9.65. The smallest absolute Gasteiger partial charge is 0.309 e. The van der Waals surface area contributed by atoms with Crippen LogP contribution >= 0.6 is 0 Å². The number of hydrogen-bond acceptors (Lipinski definition) is 7. The van der Waals surface area contributed by atoms with E-state index in [0.29, 0.717) is 49.7 Å². The van der Waals surface area contributed by atoms with Gasteiger partial charge in [-0.1, -0.05) is 34.6 Å². The molecule has 7 rings (SSSR count). The van der Waals surface area contributed by atoms with Crippen LogP contribution in [0.4, 0.5) is 0 Å². The quantitative estimate of drug-likeness (QED) is 0.377. The Bertz CT molecular complexity index is 1130. The Balaban J connectivity index is 1.17. The number of fused-ring (bicyclic) bond motifs is 4. The highest BCUT2D eigenvalue weighted by Gasteiger charge is 2.84. The fraction of sp³-hybridized carbons (Fsp3) is 0.972. The van der Waals surface area contributed by atoms with Gasteiger partial charge in [-0.25, -0.2) is 0 Å². The summed E-state index contributed by atoms with van der Waals surface area (Å²) in [7, 11) is 0. The van der Waals surface area contributed by atoms with E-state index < -0.39 is 23.9 Å². The lowest BCUT2D eigenvalue weighted by atomic mass is 9.41. The lowest BCUT2D eigenvalue weighted by Crippen LogP contribution is -2.59. The molecule has 7 heteroatoms. The fourth-order valence-electron chi connectivity index (χ4n) is 13.4. The molecule has 0 amide bonds. The Morgan fingerprint density at radius 1 is 0.930 bits per heavy atom.